The van der Waals surface area contributed by atoms with Gasteiger partial charge < -0.3 is 25.3 Å². The largest absolute Gasteiger partial charge is 0.509 e. The molecular formula is C18H28N2O5Y-2. The van der Waals surface area contributed by atoms with Gasteiger partial charge in [-0.1, -0.05) is 20.8 Å². The minimum Gasteiger partial charge on any atom is -0.509 e. The van der Waals surface area contributed by atoms with Crippen LogP contribution in [0, 0.1) is 5.92 Å². The van der Waals surface area contributed by atoms with Crippen molar-refractivity contribution in [1.29, 1.82) is 0 Å². The van der Waals surface area contributed by atoms with E-state index in [1.54, 1.807) is 27.0 Å². The zero-order valence-electron chi connectivity index (χ0n) is 16.5. The predicted molar refractivity (Wildman–Crippen MR) is 96.8 cm³/mol. The Morgan fingerprint density at radius 1 is 1.27 bits per heavy atom. The molecule has 1 unspecified atom stereocenters. The molecule has 0 bridgehead atoms. The predicted octanol–water partition coefficient (Wildman–Crippen LogP) is 3.61. The summed E-state index contributed by atoms with van der Waals surface area (Å²) in [6.45, 7) is 7.44. The van der Waals surface area contributed by atoms with E-state index >= 15 is 0 Å². The van der Waals surface area contributed by atoms with Crippen molar-refractivity contribution < 1.29 is 56.5 Å². The molecule has 0 saturated heterocycles. The summed E-state index contributed by atoms with van der Waals surface area (Å²) < 4.78 is 15.1. The summed E-state index contributed by atoms with van der Waals surface area (Å²) in [6.07, 6.45) is 0.799. The second kappa shape index (κ2) is 13.1. The first-order chi connectivity index (χ1) is 11.6. The third kappa shape index (κ3) is 8.49. The number of rotatable bonds is 7. The maximum Gasteiger partial charge on any atom is 0.166 e. The van der Waals surface area contributed by atoms with Crippen LogP contribution in [0.4, 0.5) is 4.79 Å². The number of nitrogens with one attached hydrogen (secondary N) is 2. The van der Waals surface area contributed by atoms with Crippen molar-refractivity contribution in [2.45, 2.75) is 39.5 Å². The summed E-state index contributed by atoms with van der Waals surface area (Å²) in [5.74, 6) is 0.959. The number of carbonyl (C=O) groups is 2. The molecule has 0 spiro atoms. The van der Waals surface area contributed by atoms with Crippen LogP contribution < -0.4 is 10.1 Å². The Labute approximate surface area is 181 Å². The van der Waals surface area contributed by atoms with E-state index in [0.29, 0.717) is 11.3 Å². The monoisotopic (exact) mass is 441 g/mol. The first-order valence-corrected chi connectivity index (χ1v) is 7.71. The van der Waals surface area contributed by atoms with Crippen LogP contribution in [0.25, 0.3) is 5.73 Å². The van der Waals surface area contributed by atoms with E-state index in [1.807, 2.05) is 26.0 Å². The average molecular weight is 441 g/mol. The molecule has 0 aliphatic heterocycles. The number of hydrogen-bond donors (Lipinski definition) is 1. The van der Waals surface area contributed by atoms with Crippen molar-refractivity contribution in [2.75, 3.05) is 21.3 Å². The van der Waals surface area contributed by atoms with Gasteiger partial charge in [-0.05, 0) is 6.92 Å². The van der Waals surface area contributed by atoms with Gasteiger partial charge in [0.05, 0.1) is 12.9 Å². The zero-order chi connectivity index (χ0) is 19.6. The van der Waals surface area contributed by atoms with Crippen LogP contribution in [0.2, 0.25) is 0 Å². The van der Waals surface area contributed by atoms with E-state index < -0.39 is 11.8 Å². The fourth-order valence-electron chi connectivity index (χ4n) is 1.88. The van der Waals surface area contributed by atoms with Gasteiger partial charge in [-0.15, -0.1) is 12.1 Å². The Bertz CT molecular complexity index is 563. The number of methoxy groups -OCH3 is 3. The summed E-state index contributed by atoms with van der Waals surface area (Å²) >= 11 is 0. The molecule has 1 radical (unpaired) electrons. The Morgan fingerprint density at radius 3 is 2.15 bits per heavy atom. The van der Waals surface area contributed by atoms with Gasteiger partial charge in [0.1, 0.15) is 0 Å². The standard InChI is InChI=1S/C11H13O2.C7H16N2O3.Y/c1-8(2)9-4-5-10(7-12)11(6-9)13-3;1-5(9-6(8)10)7(2,11-3)12-4;/h4-7H,1-3H3;5H,1-4H3,(H3,8,9,10);/q-1;;/p-1. The van der Waals surface area contributed by atoms with Crippen LogP contribution >= 0.6 is 0 Å². The summed E-state index contributed by atoms with van der Waals surface area (Å²) in [6, 6.07) is 4.36. The van der Waals surface area contributed by atoms with Crippen LogP contribution in [-0.4, -0.2) is 45.5 Å². The number of benzene rings is 1. The molecule has 0 saturated carbocycles. The Balaban J connectivity index is 0. The molecule has 145 valence electrons. The van der Waals surface area contributed by atoms with Crippen LogP contribution in [0.3, 0.4) is 0 Å². The van der Waals surface area contributed by atoms with E-state index in [4.69, 9.17) is 19.9 Å². The molecule has 1 aromatic rings. The van der Waals surface area contributed by atoms with E-state index in [2.05, 4.69) is 5.32 Å². The van der Waals surface area contributed by atoms with E-state index in [-0.39, 0.29) is 38.8 Å². The van der Waals surface area contributed by atoms with Crippen molar-refractivity contribution in [3.8, 4) is 5.75 Å². The van der Waals surface area contributed by atoms with Gasteiger partial charge in [0, 0.05) is 58.5 Å². The third-order valence-electron chi connectivity index (χ3n) is 3.88. The fraction of sp³-hybridized carbons (Fsp3) is 0.500. The molecular weight excluding hydrogens is 413 g/mol. The number of ether oxygens (including phenoxy) is 3. The molecule has 1 atom stereocenters. The van der Waals surface area contributed by atoms with E-state index in [0.717, 1.165) is 11.8 Å². The maximum atomic E-state index is 10.6. The first kappa shape index (κ1) is 27.1. The van der Waals surface area contributed by atoms with Gasteiger partial charge in [-0.2, -0.15) is 17.5 Å². The number of carbonyl (C=O) groups excluding carboxylic acids is 2. The van der Waals surface area contributed by atoms with Crippen molar-refractivity contribution >= 4 is 12.3 Å². The molecule has 0 aliphatic rings. The molecule has 26 heavy (non-hydrogen) atoms. The molecule has 2 N–H and O–H groups in total. The number of urea groups is 1. The molecule has 1 rings (SSSR count). The van der Waals surface area contributed by atoms with E-state index in [9.17, 15) is 9.59 Å². The number of aldehydes is 1. The average Bonchev–Trinajstić information content (AvgIpc) is 2.60. The van der Waals surface area contributed by atoms with Crippen molar-refractivity contribution in [3.63, 3.8) is 0 Å². The van der Waals surface area contributed by atoms with Crippen LogP contribution in [0.5, 0.6) is 5.75 Å². The topological polar surface area (TPSA) is 97.7 Å². The molecule has 0 heterocycles. The Kier molecular flexibility index (Phi) is 13.6. The van der Waals surface area contributed by atoms with Crippen LogP contribution in [-0.2, 0) is 42.2 Å². The minimum absolute atomic E-state index is 0. The Hall–Kier alpha value is -1.15. The zero-order valence-corrected chi connectivity index (χ0v) is 19.3. The van der Waals surface area contributed by atoms with Gasteiger partial charge in [0.2, 0.25) is 0 Å². The smallest absolute Gasteiger partial charge is 0.166 e. The quantitative estimate of drug-likeness (QED) is 0.396. The van der Waals surface area contributed by atoms with Crippen LogP contribution in [0.1, 0.15) is 43.6 Å². The molecule has 2 amide bonds. The molecule has 1 aromatic carbocycles. The molecule has 7 nitrogen and oxygen atoms in total. The molecule has 8 heteroatoms. The van der Waals surface area contributed by atoms with Gasteiger partial charge in [0.15, 0.2) is 18.1 Å². The maximum absolute atomic E-state index is 10.6. The molecule has 0 fully saturated rings. The summed E-state index contributed by atoms with van der Waals surface area (Å²) in [5, 5.41) is 2.36. The Morgan fingerprint density at radius 2 is 1.81 bits per heavy atom. The van der Waals surface area contributed by atoms with Crippen molar-refractivity contribution in [3.05, 3.63) is 41.0 Å². The number of amides is 2. The van der Waals surface area contributed by atoms with Gasteiger partial charge in [0.25, 0.3) is 0 Å². The SMILES string of the molecule is COC(C)(OC)C(C)NC([NH-])=O.COc1cc([C-](C)C)ccc1C=O.[Y]. The fourth-order valence-corrected chi connectivity index (χ4v) is 1.88. The van der Waals surface area contributed by atoms with Gasteiger partial charge in [-0.25, -0.2) is 0 Å². The normalized spacial score (nSPS) is 11.2. The first-order valence-electron chi connectivity index (χ1n) is 7.71. The van der Waals surface area contributed by atoms with Gasteiger partial charge in [-0.3, -0.25) is 9.59 Å². The van der Waals surface area contributed by atoms with Crippen LogP contribution in [0.15, 0.2) is 18.2 Å². The van der Waals surface area contributed by atoms with Crippen molar-refractivity contribution in [1.82, 2.24) is 5.32 Å². The van der Waals surface area contributed by atoms with Crippen molar-refractivity contribution in [2.24, 2.45) is 0 Å². The second-order valence-corrected chi connectivity index (χ2v) is 5.69. The molecule has 0 aliphatic carbocycles. The van der Waals surface area contributed by atoms with E-state index in [1.165, 1.54) is 20.1 Å². The minimum atomic E-state index is -0.878. The summed E-state index contributed by atoms with van der Waals surface area (Å²) in [4.78, 5) is 21.0. The molecule has 0 aromatic heterocycles. The second-order valence-electron chi connectivity index (χ2n) is 5.69. The number of hydrogen-bond acceptors (Lipinski definition) is 5. The summed E-state index contributed by atoms with van der Waals surface area (Å²) in [7, 11) is 4.53. The summed E-state index contributed by atoms with van der Waals surface area (Å²) in [5.41, 5.74) is 8.37. The third-order valence-corrected chi connectivity index (χ3v) is 3.88. The van der Waals surface area contributed by atoms with Gasteiger partial charge >= 0.3 is 0 Å².